The zero-order chi connectivity index (χ0) is 21.0. The number of nitrogens with one attached hydrogen (secondary N) is 1. The van der Waals surface area contributed by atoms with Crippen molar-refractivity contribution < 1.29 is 14.3 Å². The fourth-order valence-corrected chi connectivity index (χ4v) is 3.43. The molecule has 0 aromatic carbocycles. The highest BCUT2D eigenvalue weighted by atomic mass is 32.1. The quantitative estimate of drug-likeness (QED) is 0.804. The molecule has 1 aliphatic heterocycles. The van der Waals surface area contributed by atoms with Crippen LogP contribution in [0.5, 0.6) is 5.88 Å². The molecule has 2 aromatic heterocycles. The Morgan fingerprint density at radius 3 is 2.69 bits per heavy atom. The first-order chi connectivity index (χ1) is 13.7. The monoisotopic (exact) mass is 416 g/mol. The van der Waals surface area contributed by atoms with Crippen LogP contribution in [0, 0.1) is 18.3 Å². The van der Waals surface area contributed by atoms with E-state index < -0.39 is 5.60 Å². The smallest absolute Gasteiger partial charge is 0.410 e. The lowest BCUT2D eigenvalue weighted by atomic mass is 10.1. The van der Waals surface area contributed by atoms with Gasteiger partial charge in [-0.15, -0.1) is 0 Å². The lowest BCUT2D eigenvalue weighted by Gasteiger charge is -2.33. The van der Waals surface area contributed by atoms with Crippen LogP contribution in [0.25, 0.3) is 0 Å². The highest BCUT2D eigenvalue weighted by Crippen LogP contribution is 2.25. The lowest BCUT2D eigenvalue weighted by Crippen LogP contribution is -2.44. The normalized spacial score (nSPS) is 14.9. The SMILES string of the molecule is Cc1nc(Nc2ncc(C#N)s2)cc(OC2CCN(C(=O)OC(C)(C)C)CC2)n1. The average molecular weight is 417 g/mol. The third kappa shape index (κ3) is 6.02. The second-order valence-electron chi connectivity index (χ2n) is 7.69. The van der Waals surface area contributed by atoms with Crippen molar-refractivity contribution in [1.29, 1.82) is 5.26 Å². The van der Waals surface area contributed by atoms with Crippen molar-refractivity contribution in [2.75, 3.05) is 18.4 Å². The first-order valence-corrected chi connectivity index (χ1v) is 10.2. The van der Waals surface area contributed by atoms with Gasteiger partial charge in [0.25, 0.3) is 0 Å². The Labute approximate surface area is 173 Å². The molecule has 0 spiro atoms. The molecule has 2 aromatic rings. The minimum absolute atomic E-state index is 0.0408. The number of ether oxygens (including phenoxy) is 2. The Bertz CT molecular complexity index is 909. The maximum Gasteiger partial charge on any atom is 0.410 e. The molecule has 1 N–H and O–H groups in total. The molecule has 1 amide bonds. The Morgan fingerprint density at radius 1 is 1.34 bits per heavy atom. The van der Waals surface area contributed by atoms with Crippen molar-refractivity contribution in [2.24, 2.45) is 0 Å². The highest BCUT2D eigenvalue weighted by Gasteiger charge is 2.28. The first kappa shape index (κ1) is 20.8. The van der Waals surface area contributed by atoms with E-state index in [4.69, 9.17) is 14.7 Å². The van der Waals surface area contributed by atoms with Crippen molar-refractivity contribution in [2.45, 2.75) is 52.2 Å². The lowest BCUT2D eigenvalue weighted by molar-refractivity contribution is 0.0123. The number of piperidine rings is 1. The van der Waals surface area contributed by atoms with Crippen molar-refractivity contribution in [3.05, 3.63) is 23.0 Å². The fraction of sp³-hybridized carbons (Fsp3) is 0.526. The van der Waals surface area contributed by atoms with Gasteiger partial charge in [-0.1, -0.05) is 11.3 Å². The molecule has 3 heterocycles. The summed E-state index contributed by atoms with van der Waals surface area (Å²) in [6.45, 7) is 8.51. The fourth-order valence-electron chi connectivity index (χ4n) is 2.81. The van der Waals surface area contributed by atoms with Gasteiger partial charge in [0.15, 0.2) is 5.13 Å². The number of nitriles is 1. The zero-order valence-corrected chi connectivity index (χ0v) is 17.7. The summed E-state index contributed by atoms with van der Waals surface area (Å²) in [5.41, 5.74) is -0.502. The molecule has 0 bridgehead atoms. The number of aromatic nitrogens is 3. The van der Waals surface area contributed by atoms with Gasteiger partial charge >= 0.3 is 6.09 Å². The van der Waals surface area contributed by atoms with Crippen molar-refractivity contribution in [3.63, 3.8) is 0 Å². The van der Waals surface area contributed by atoms with E-state index in [2.05, 4.69) is 26.3 Å². The van der Waals surface area contributed by atoms with E-state index in [1.54, 1.807) is 17.9 Å². The molecular formula is C19H24N6O3S. The molecule has 0 saturated carbocycles. The maximum atomic E-state index is 12.2. The summed E-state index contributed by atoms with van der Waals surface area (Å²) in [7, 11) is 0. The minimum atomic E-state index is -0.502. The Balaban J connectivity index is 1.58. The molecule has 10 heteroatoms. The van der Waals surface area contributed by atoms with Gasteiger partial charge in [-0.3, -0.25) is 0 Å². The molecule has 9 nitrogen and oxygen atoms in total. The second kappa shape index (κ2) is 8.61. The predicted molar refractivity (Wildman–Crippen MR) is 108 cm³/mol. The number of carbonyl (C=O) groups is 1. The van der Waals surface area contributed by atoms with Crippen LogP contribution in [0.1, 0.15) is 44.3 Å². The van der Waals surface area contributed by atoms with Gasteiger partial charge in [-0.05, 0) is 27.7 Å². The van der Waals surface area contributed by atoms with Gasteiger partial charge < -0.3 is 19.7 Å². The van der Waals surface area contributed by atoms with E-state index in [0.29, 0.717) is 53.5 Å². The summed E-state index contributed by atoms with van der Waals surface area (Å²) in [6, 6.07) is 3.76. The van der Waals surface area contributed by atoms with Crippen molar-refractivity contribution in [3.8, 4) is 11.9 Å². The van der Waals surface area contributed by atoms with Crippen LogP contribution < -0.4 is 10.1 Å². The number of aryl methyl sites for hydroxylation is 1. The third-order valence-corrected chi connectivity index (χ3v) is 4.86. The first-order valence-electron chi connectivity index (χ1n) is 9.35. The molecule has 1 aliphatic rings. The number of anilines is 2. The summed E-state index contributed by atoms with van der Waals surface area (Å²) in [5.74, 6) is 1.58. The molecule has 29 heavy (non-hydrogen) atoms. The van der Waals surface area contributed by atoms with Gasteiger partial charge in [0.2, 0.25) is 5.88 Å². The standard InChI is InChI=1S/C19H24N6O3S/c1-12-22-15(24-17-21-11-14(10-20)29-17)9-16(23-12)27-13-5-7-25(8-6-13)18(26)28-19(2,3)4/h9,11,13H,5-8H2,1-4H3,(H,21,22,23,24). The summed E-state index contributed by atoms with van der Waals surface area (Å²) in [4.78, 5) is 27.2. The molecule has 0 radical (unpaired) electrons. The van der Waals surface area contributed by atoms with Crippen molar-refractivity contribution >= 4 is 28.4 Å². The molecule has 1 fully saturated rings. The number of hydrogen-bond acceptors (Lipinski definition) is 9. The zero-order valence-electron chi connectivity index (χ0n) is 16.9. The van der Waals surface area contributed by atoms with Crippen LogP contribution in [-0.2, 0) is 4.74 Å². The summed E-state index contributed by atoms with van der Waals surface area (Å²) in [6.07, 6.45) is 2.57. The predicted octanol–water partition coefficient (Wildman–Crippen LogP) is 3.64. The third-order valence-electron chi connectivity index (χ3n) is 4.05. The summed E-state index contributed by atoms with van der Waals surface area (Å²) >= 11 is 1.25. The molecule has 0 aliphatic carbocycles. The largest absolute Gasteiger partial charge is 0.474 e. The highest BCUT2D eigenvalue weighted by molar-refractivity contribution is 7.16. The number of hydrogen-bond donors (Lipinski definition) is 1. The van der Waals surface area contributed by atoms with E-state index in [9.17, 15) is 4.79 Å². The minimum Gasteiger partial charge on any atom is -0.474 e. The van der Waals surface area contributed by atoms with Gasteiger partial charge in [-0.2, -0.15) is 10.2 Å². The van der Waals surface area contributed by atoms with E-state index in [0.717, 1.165) is 0 Å². The number of likely N-dealkylation sites (tertiary alicyclic amines) is 1. The Morgan fingerprint density at radius 2 is 2.07 bits per heavy atom. The van der Waals surface area contributed by atoms with Crippen LogP contribution in [0.3, 0.4) is 0 Å². The van der Waals surface area contributed by atoms with E-state index in [1.165, 1.54) is 17.5 Å². The maximum absolute atomic E-state index is 12.2. The molecule has 3 rings (SSSR count). The average Bonchev–Trinajstić information content (AvgIpc) is 3.08. The van der Waals surface area contributed by atoms with Gasteiger partial charge in [-0.25, -0.2) is 14.8 Å². The van der Waals surface area contributed by atoms with E-state index in [1.807, 2.05) is 20.8 Å². The molecule has 1 saturated heterocycles. The van der Waals surface area contributed by atoms with Crippen LogP contribution in [0.4, 0.5) is 15.7 Å². The van der Waals surface area contributed by atoms with Crippen LogP contribution in [0.15, 0.2) is 12.3 Å². The Kier molecular flexibility index (Phi) is 6.17. The number of thiazole rings is 1. The topological polar surface area (TPSA) is 113 Å². The molecule has 0 unspecified atom stereocenters. The molecular weight excluding hydrogens is 392 g/mol. The van der Waals surface area contributed by atoms with Crippen LogP contribution in [0.2, 0.25) is 0 Å². The van der Waals surface area contributed by atoms with Gasteiger partial charge in [0.05, 0.1) is 6.20 Å². The summed E-state index contributed by atoms with van der Waals surface area (Å²) in [5, 5.41) is 12.6. The van der Waals surface area contributed by atoms with Gasteiger partial charge in [0.1, 0.15) is 34.3 Å². The van der Waals surface area contributed by atoms with Gasteiger partial charge in [0, 0.05) is 32.0 Å². The number of nitrogens with zero attached hydrogens (tertiary/aromatic N) is 5. The van der Waals surface area contributed by atoms with Crippen LogP contribution >= 0.6 is 11.3 Å². The van der Waals surface area contributed by atoms with Crippen molar-refractivity contribution in [1.82, 2.24) is 19.9 Å². The molecule has 0 atom stereocenters. The summed E-state index contributed by atoms with van der Waals surface area (Å²) < 4.78 is 11.5. The number of rotatable bonds is 4. The number of amides is 1. The van der Waals surface area contributed by atoms with E-state index >= 15 is 0 Å². The second-order valence-corrected chi connectivity index (χ2v) is 8.72. The number of carbonyl (C=O) groups excluding carboxylic acids is 1. The molecule has 154 valence electrons. The Hall–Kier alpha value is -2.93. The van der Waals surface area contributed by atoms with E-state index in [-0.39, 0.29) is 12.2 Å². The van der Waals surface area contributed by atoms with Crippen LogP contribution in [-0.4, -0.2) is 50.7 Å².